The van der Waals surface area contributed by atoms with Gasteiger partial charge < -0.3 is 14.5 Å². The Kier molecular flexibility index (Phi) is 4.93. The molecule has 0 saturated carbocycles. The number of rotatable bonds is 6. The summed E-state index contributed by atoms with van der Waals surface area (Å²) < 4.78 is 5.27. The molecule has 5 nitrogen and oxygen atoms in total. The summed E-state index contributed by atoms with van der Waals surface area (Å²) in [6, 6.07) is 0. The zero-order chi connectivity index (χ0) is 13.0. The van der Waals surface area contributed by atoms with Gasteiger partial charge in [-0.1, -0.05) is 13.8 Å². The van der Waals surface area contributed by atoms with Crippen LogP contribution in [0.2, 0.25) is 0 Å². The summed E-state index contributed by atoms with van der Waals surface area (Å²) in [5.74, 6) is 1.29. The Labute approximate surface area is 103 Å². The molecule has 1 heterocycles. The van der Waals surface area contributed by atoms with Crippen molar-refractivity contribution in [3.8, 4) is 0 Å². The van der Waals surface area contributed by atoms with Crippen LogP contribution < -0.4 is 4.90 Å². The van der Waals surface area contributed by atoms with Gasteiger partial charge in [-0.05, 0) is 31.8 Å². The molecule has 0 aromatic carbocycles. The lowest BCUT2D eigenvalue weighted by molar-refractivity contribution is 0.120. The Bertz CT molecular complexity index is 324. The van der Waals surface area contributed by atoms with Gasteiger partial charge in [0.25, 0.3) is 5.95 Å². The molecule has 0 bridgehead atoms. The van der Waals surface area contributed by atoms with E-state index in [1.165, 1.54) is 0 Å². The lowest BCUT2D eigenvalue weighted by Crippen LogP contribution is -2.24. The first-order chi connectivity index (χ1) is 8.01. The van der Waals surface area contributed by atoms with E-state index < -0.39 is 6.10 Å². The van der Waals surface area contributed by atoms with Gasteiger partial charge in [0.1, 0.15) is 0 Å². The van der Waals surface area contributed by atoms with Crippen molar-refractivity contribution in [1.29, 1.82) is 0 Å². The van der Waals surface area contributed by atoms with Gasteiger partial charge in [0.2, 0.25) is 5.89 Å². The summed E-state index contributed by atoms with van der Waals surface area (Å²) in [7, 11) is 0. The zero-order valence-corrected chi connectivity index (χ0v) is 11.3. The number of hydrogen-bond acceptors (Lipinski definition) is 5. The fourth-order valence-corrected chi connectivity index (χ4v) is 2.05. The van der Waals surface area contributed by atoms with Crippen LogP contribution in [0.4, 0.5) is 5.95 Å². The summed E-state index contributed by atoms with van der Waals surface area (Å²) in [6.45, 7) is 11.6. The highest BCUT2D eigenvalue weighted by Gasteiger charge is 2.27. The maximum absolute atomic E-state index is 9.76. The molecule has 0 aliphatic heterocycles. The molecule has 5 heteroatoms. The molecule has 1 aromatic rings. The Morgan fingerprint density at radius 1 is 1.24 bits per heavy atom. The second-order valence-corrected chi connectivity index (χ2v) is 4.62. The molecule has 1 aromatic heterocycles. The first-order valence-electron chi connectivity index (χ1n) is 6.27. The molecule has 17 heavy (non-hydrogen) atoms. The van der Waals surface area contributed by atoms with E-state index in [2.05, 4.69) is 10.1 Å². The van der Waals surface area contributed by atoms with Crippen LogP contribution in [0, 0.1) is 5.92 Å². The average molecular weight is 241 g/mol. The number of hydrogen-bond donors (Lipinski definition) is 1. The molecule has 0 aliphatic rings. The summed E-state index contributed by atoms with van der Waals surface area (Å²) in [6.07, 6.45) is -0.486. The fraction of sp³-hybridized carbons (Fsp3) is 0.833. The average Bonchev–Trinajstić information content (AvgIpc) is 2.68. The third-order valence-corrected chi connectivity index (χ3v) is 3.00. The standard InChI is InChI=1S/C12H23N3O2/c1-6-15(7-2)12-13-11(17-14-12)10(8(3)4)9(5)16/h8-10,16H,6-7H2,1-5H3. The van der Waals surface area contributed by atoms with Gasteiger partial charge in [-0.2, -0.15) is 4.98 Å². The second-order valence-electron chi connectivity index (χ2n) is 4.62. The second kappa shape index (κ2) is 6.00. The molecule has 0 radical (unpaired) electrons. The summed E-state index contributed by atoms with van der Waals surface area (Å²) >= 11 is 0. The molecule has 2 unspecified atom stereocenters. The first kappa shape index (κ1) is 14.0. The zero-order valence-electron chi connectivity index (χ0n) is 11.3. The number of aromatic nitrogens is 2. The maximum Gasteiger partial charge on any atom is 0.266 e. The highest BCUT2D eigenvalue weighted by Crippen LogP contribution is 2.27. The van der Waals surface area contributed by atoms with E-state index in [0.29, 0.717) is 11.8 Å². The van der Waals surface area contributed by atoms with Crippen LogP contribution in [0.3, 0.4) is 0 Å². The Hall–Kier alpha value is -1.10. The summed E-state index contributed by atoms with van der Waals surface area (Å²) in [5.41, 5.74) is 0. The maximum atomic E-state index is 9.76. The van der Waals surface area contributed by atoms with Gasteiger partial charge in [-0.3, -0.25) is 0 Å². The third kappa shape index (κ3) is 3.19. The minimum Gasteiger partial charge on any atom is -0.393 e. The lowest BCUT2D eigenvalue weighted by atomic mass is 9.91. The predicted octanol–water partition coefficient (Wildman–Crippen LogP) is 2.04. The van der Waals surface area contributed by atoms with Gasteiger partial charge in [0.15, 0.2) is 0 Å². The molecule has 1 N–H and O–H groups in total. The van der Waals surface area contributed by atoms with Crippen molar-refractivity contribution in [3.05, 3.63) is 5.89 Å². The van der Waals surface area contributed by atoms with E-state index >= 15 is 0 Å². The quantitative estimate of drug-likeness (QED) is 0.825. The van der Waals surface area contributed by atoms with E-state index in [9.17, 15) is 5.11 Å². The van der Waals surface area contributed by atoms with Crippen LogP contribution in [0.15, 0.2) is 4.52 Å². The van der Waals surface area contributed by atoms with Crippen molar-refractivity contribution in [2.75, 3.05) is 18.0 Å². The Morgan fingerprint density at radius 3 is 2.24 bits per heavy atom. The molecule has 0 aliphatic carbocycles. The highest BCUT2D eigenvalue weighted by atomic mass is 16.5. The van der Waals surface area contributed by atoms with Gasteiger partial charge in [0, 0.05) is 13.1 Å². The minimum absolute atomic E-state index is 0.105. The SMILES string of the molecule is CCN(CC)c1noc(C(C(C)C)C(C)O)n1. The van der Waals surface area contributed by atoms with Crippen molar-refractivity contribution in [1.82, 2.24) is 10.1 Å². The number of aliphatic hydroxyl groups is 1. The first-order valence-corrected chi connectivity index (χ1v) is 6.27. The van der Waals surface area contributed by atoms with Gasteiger partial charge in [-0.25, -0.2) is 0 Å². The molecule has 0 saturated heterocycles. The van der Waals surface area contributed by atoms with Crippen molar-refractivity contribution in [2.24, 2.45) is 5.92 Å². The fourth-order valence-electron chi connectivity index (χ4n) is 2.05. The van der Waals surface area contributed by atoms with Crippen LogP contribution in [-0.4, -0.2) is 34.4 Å². The van der Waals surface area contributed by atoms with E-state index in [-0.39, 0.29) is 11.8 Å². The van der Waals surface area contributed by atoms with Crippen molar-refractivity contribution < 1.29 is 9.63 Å². The molecule has 1 rings (SSSR count). The smallest absolute Gasteiger partial charge is 0.266 e. The van der Waals surface area contributed by atoms with Crippen LogP contribution in [0.1, 0.15) is 46.4 Å². The Morgan fingerprint density at radius 2 is 1.82 bits per heavy atom. The van der Waals surface area contributed by atoms with Crippen LogP contribution in [0.25, 0.3) is 0 Å². The van der Waals surface area contributed by atoms with Gasteiger partial charge in [-0.15, -0.1) is 0 Å². The van der Waals surface area contributed by atoms with E-state index in [0.717, 1.165) is 13.1 Å². The molecule has 0 amide bonds. The van der Waals surface area contributed by atoms with Crippen molar-refractivity contribution >= 4 is 5.95 Å². The number of nitrogens with zero attached hydrogens (tertiary/aromatic N) is 3. The lowest BCUT2D eigenvalue weighted by Gasteiger charge is -2.19. The van der Waals surface area contributed by atoms with Crippen LogP contribution in [-0.2, 0) is 0 Å². The third-order valence-electron chi connectivity index (χ3n) is 3.00. The molecule has 0 fully saturated rings. The van der Waals surface area contributed by atoms with Crippen LogP contribution >= 0.6 is 0 Å². The minimum atomic E-state index is -0.486. The molecular weight excluding hydrogens is 218 g/mol. The largest absolute Gasteiger partial charge is 0.393 e. The van der Waals surface area contributed by atoms with Crippen molar-refractivity contribution in [3.63, 3.8) is 0 Å². The van der Waals surface area contributed by atoms with E-state index in [1.807, 2.05) is 32.6 Å². The predicted molar refractivity (Wildman–Crippen MR) is 67.1 cm³/mol. The topological polar surface area (TPSA) is 62.4 Å². The molecule has 98 valence electrons. The van der Waals surface area contributed by atoms with Gasteiger partial charge in [0.05, 0.1) is 12.0 Å². The molecular formula is C12H23N3O2. The molecule has 0 spiro atoms. The van der Waals surface area contributed by atoms with E-state index in [1.54, 1.807) is 6.92 Å². The van der Waals surface area contributed by atoms with Crippen molar-refractivity contribution in [2.45, 2.75) is 46.6 Å². The van der Waals surface area contributed by atoms with E-state index in [4.69, 9.17) is 4.52 Å². The number of aliphatic hydroxyl groups excluding tert-OH is 1. The van der Waals surface area contributed by atoms with Crippen LogP contribution in [0.5, 0.6) is 0 Å². The number of anilines is 1. The normalized spacial score (nSPS) is 15.0. The summed E-state index contributed by atoms with van der Waals surface area (Å²) in [5, 5.41) is 13.7. The highest BCUT2D eigenvalue weighted by molar-refractivity contribution is 5.27. The monoisotopic (exact) mass is 241 g/mol. The van der Waals surface area contributed by atoms with Gasteiger partial charge >= 0.3 is 0 Å². The Balaban J connectivity index is 2.92. The molecule has 2 atom stereocenters. The summed E-state index contributed by atoms with van der Waals surface area (Å²) in [4.78, 5) is 6.40.